The molecule has 0 bridgehead atoms. The van der Waals surface area contributed by atoms with Crippen LogP contribution in [0.15, 0.2) is 18.7 Å². The maximum atomic E-state index is 5.51. The Kier molecular flexibility index (Phi) is 5.28. The van der Waals surface area contributed by atoms with Crippen molar-refractivity contribution in [1.82, 2.24) is 14.5 Å². The highest BCUT2D eigenvalue weighted by molar-refractivity contribution is 7.80. The summed E-state index contributed by atoms with van der Waals surface area (Å²) >= 11 is 4.89. The van der Waals surface area contributed by atoms with E-state index >= 15 is 0 Å². The van der Waals surface area contributed by atoms with Crippen LogP contribution < -0.4 is 5.73 Å². The lowest BCUT2D eigenvalue weighted by Crippen LogP contribution is -2.33. The van der Waals surface area contributed by atoms with Crippen LogP contribution in [-0.2, 0) is 6.54 Å². The van der Waals surface area contributed by atoms with E-state index in [1.165, 1.54) is 0 Å². The van der Waals surface area contributed by atoms with Gasteiger partial charge in [-0.2, -0.15) is 0 Å². The average molecular weight is 226 g/mol. The molecule has 0 saturated heterocycles. The van der Waals surface area contributed by atoms with Crippen LogP contribution in [0.3, 0.4) is 0 Å². The van der Waals surface area contributed by atoms with Crippen LogP contribution in [0.4, 0.5) is 0 Å². The lowest BCUT2D eigenvalue weighted by Gasteiger charge is -2.19. The average Bonchev–Trinajstić information content (AvgIpc) is 2.68. The summed E-state index contributed by atoms with van der Waals surface area (Å²) in [5.74, 6) is 0. The largest absolute Gasteiger partial charge is 0.392 e. The summed E-state index contributed by atoms with van der Waals surface area (Å²) in [7, 11) is 0. The number of likely N-dealkylation sites (N-methyl/N-ethyl adjacent to an activating group) is 1. The van der Waals surface area contributed by atoms with Crippen LogP contribution >= 0.6 is 12.2 Å². The third kappa shape index (κ3) is 4.90. The van der Waals surface area contributed by atoms with Gasteiger partial charge in [0, 0.05) is 32.0 Å². The Morgan fingerprint density at radius 1 is 1.60 bits per heavy atom. The van der Waals surface area contributed by atoms with Crippen molar-refractivity contribution in [3.8, 4) is 0 Å². The number of imidazole rings is 1. The quantitative estimate of drug-likeness (QED) is 0.701. The number of aryl methyl sites for hydroxylation is 1. The van der Waals surface area contributed by atoms with Crippen LogP contribution in [0.25, 0.3) is 0 Å². The van der Waals surface area contributed by atoms with E-state index in [2.05, 4.69) is 21.4 Å². The maximum absolute atomic E-state index is 5.51. The van der Waals surface area contributed by atoms with Gasteiger partial charge in [0.25, 0.3) is 0 Å². The standard InChI is InChI=1S/C10H18N4S/c1-2-13(8-10(11)15)5-3-6-14-7-4-12-9-14/h4,7,9H,2-3,5-6,8H2,1H3,(H2,11,15). The summed E-state index contributed by atoms with van der Waals surface area (Å²) in [6.07, 6.45) is 6.70. The highest BCUT2D eigenvalue weighted by Gasteiger charge is 2.02. The molecule has 0 aliphatic heterocycles. The van der Waals surface area contributed by atoms with E-state index in [0.29, 0.717) is 4.99 Å². The molecular weight excluding hydrogens is 208 g/mol. The Bertz CT molecular complexity index is 284. The molecule has 84 valence electrons. The summed E-state index contributed by atoms with van der Waals surface area (Å²) in [6, 6.07) is 0. The van der Waals surface area contributed by atoms with E-state index in [1.54, 1.807) is 6.20 Å². The van der Waals surface area contributed by atoms with Crippen molar-refractivity contribution in [3.63, 3.8) is 0 Å². The minimum atomic E-state index is 0.569. The molecule has 15 heavy (non-hydrogen) atoms. The molecule has 5 heteroatoms. The Labute approximate surface area is 96.1 Å². The first kappa shape index (κ1) is 12.1. The lowest BCUT2D eigenvalue weighted by atomic mass is 10.3. The predicted octanol–water partition coefficient (Wildman–Crippen LogP) is 0.881. The molecule has 0 aromatic carbocycles. The second kappa shape index (κ2) is 6.53. The molecule has 0 saturated carbocycles. The molecule has 1 aromatic heterocycles. The second-order valence-electron chi connectivity index (χ2n) is 3.49. The molecule has 0 aliphatic rings. The van der Waals surface area contributed by atoms with E-state index in [-0.39, 0.29) is 0 Å². The van der Waals surface area contributed by atoms with E-state index in [9.17, 15) is 0 Å². The molecule has 2 N–H and O–H groups in total. The number of nitrogens with two attached hydrogens (primary N) is 1. The number of hydrogen-bond donors (Lipinski definition) is 1. The first-order valence-corrected chi connectivity index (χ1v) is 5.59. The number of rotatable bonds is 7. The van der Waals surface area contributed by atoms with Gasteiger partial charge in [-0.25, -0.2) is 4.98 Å². The second-order valence-corrected chi connectivity index (χ2v) is 4.01. The van der Waals surface area contributed by atoms with E-state index in [4.69, 9.17) is 18.0 Å². The molecule has 0 fully saturated rings. The van der Waals surface area contributed by atoms with Crippen molar-refractivity contribution in [3.05, 3.63) is 18.7 Å². The zero-order chi connectivity index (χ0) is 11.1. The van der Waals surface area contributed by atoms with Gasteiger partial charge in [-0.3, -0.25) is 4.90 Å². The van der Waals surface area contributed by atoms with Crippen molar-refractivity contribution in [2.45, 2.75) is 19.9 Å². The van der Waals surface area contributed by atoms with Gasteiger partial charge >= 0.3 is 0 Å². The van der Waals surface area contributed by atoms with Crippen molar-refractivity contribution >= 4 is 17.2 Å². The van der Waals surface area contributed by atoms with Gasteiger partial charge in [0.2, 0.25) is 0 Å². The topological polar surface area (TPSA) is 47.1 Å². The zero-order valence-electron chi connectivity index (χ0n) is 9.09. The molecule has 4 nitrogen and oxygen atoms in total. The highest BCUT2D eigenvalue weighted by Crippen LogP contribution is 1.95. The van der Waals surface area contributed by atoms with E-state index < -0.39 is 0 Å². The van der Waals surface area contributed by atoms with Gasteiger partial charge in [-0.1, -0.05) is 19.1 Å². The number of thiocarbonyl (C=S) groups is 1. The number of nitrogens with zero attached hydrogens (tertiary/aromatic N) is 3. The lowest BCUT2D eigenvalue weighted by molar-refractivity contribution is 0.316. The van der Waals surface area contributed by atoms with Crippen LogP contribution in [0.1, 0.15) is 13.3 Å². The third-order valence-corrected chi connectivity index (χ3v) is 2.41. The fourth-order valence-corrected chi connectivity index (χ4v) is 1.65. The summed E-state index contributed by atoms with van der Waals surface area (Å²) in [5, 5.41) is 0. The number of hydrogen-bond acceptors (Lipinski definition) is 3. The van der Waals surface area contributed by atoms with E-state index in [0.717, 1.165) is 32.6 Å². The van der Waals surface area contributed by atoms with Crippen molar-refractivity contribution in [1.29, 1.82) is 0 Å². The minimum Gasteiger partial charge on any atom is -0.392 e. The first-order valence-electron chi connectivity index (χ1n) is 5.18. The zero-order valence-corrected chi connectivity index (χ0v) is 9.91. The summed E-state index contributed by atoms with van der Waals surface area (Å²) in [5.41, 5.74) is 5.51. The highest BCUT2D eigenvalue weighted by atomic mass is 32.1. The molecule has 0 amide bonds. The monoisotopic (exact) mass is 226 g/mol. The maximum Gasteiger partial charge on any atom is 0.0945 e. The molecule has 0 atom stereocenters. The molecule has 1 rings (SSSR count). The SMILES string of the molecule is CCN(CCCn1ccnc1)CC(N)=S. The summed E-state index contributed by atoms with van der Waals surface area (Å²) in [4.78, 5) is 6.82. The molecule has 1 aromatic rings. The molecule has 0 radical (unpaired) electrons. The summed E-state index contributed by atoms with van der Waals surface area (Å²) < 4.78 is 2.08. The minimum absolute atomic E-state index is 0.569. The van der Waals surface area contributed by atoms with Crippen molar-refractivity contribution < 1.29 is 0 Å². The summed E-state index contributed by atoms with van der Waals surface area (Å²) in [6.45, 7) is 5.84. The van der Waals surface area contributed by atoms with Crippen LogP contribution in [0.5, 0.6) is 0 Å². The number of aromatic nitrogens is 2. The van der Waals surface area contributed by atoms with Crippen molar-refractivity contribution in [2.75, 3.05) is 19.6 Å². The Balaban J connectivity index is 2.20. The van der Waals surface area contributed by atoms with Gasteiger partial charge in [-0.05, 0) is 13.0 Å². The Morgan fingerprint density at radius 2 is 2.40 bits per heavy atom. The molecular formula is C10H18N4S. The predicted molar refractivity (Wildman–Crippen MR) is 65.7 cm³/mol. The van der Waals surface area contributed by atoms with Crippen molar-refractivity contribution in [2.24, 2.45) is 5.73 Å². The van der Waals surface area contributed by atoms with Gasteiger partial charge in [0.05, 0.1) is 11.3 Å². The normalized spacial score (nSPS) is 10.8. The van der Waals surface area contributed by atoms with Crippen LogP contribution in [0, 0.1) is 0 Å². The van der Waals surface area contributed by atoms with Gasteiger partial charge in [-0.15, -0.1) is 0 Å². The fraction of sp³-hybridized carbons (Fsp3) is 0.600. The Morgan fingerprint density at radius 3 is 2.93 bits per heavy atom. The molecule has 0 aliphatic carbocycles. The van der Waals surface area contributed by atoms with Crippen LogP contribution in [0.2, 0.25) is 0 Å². The van der Waals surface area contributed by atoms with Crippen LogP contribution in [-0.4, -0.2) is 39.1 Å². The van der Waals surface area contributed by atoms with Gasteiger partial charge < -0.3 is 10.3 Å². The molecule has 0 unspecified atom stereocenters. The van der Waals surface area contributed by atoms with Gasteiger partial charge in [0.15, 0.2) is 0 Å². The first-order chi connectivity index (χ1) is 7.22. The Hall–Kier alpha value is -0.940. The molecule has 1 heterocycles. The fourth-order valence-electron chi connectivity index (χ4n) is 1.47. The third-order valence-electron chi connectivity index (χ3n) is 2.28. The van der Waals surface area contributed by atoms with E-state index in [1.807, 2.05) is 12.5 Å². The smallest absolute Gasteiger partial charge is 0.0945 e. The molecule has 0 spiro atoms. The van der Waals surface area contributed by atoms with Gasteiger partial charge in [0.1, 0.15) is 0 Å².